The van der Waals surface area contributed by atoms with Gasteiger partial charge in [0.05, 0.1) is 11.6 Å². The van der Waals surface area contributed by atoms with Gasteiger partial charge in [0, 0.05) is 12.2 Å². The first-order valence-corrected chi connectivity index (χ1v) is 7.32. The molecule has 0 fully saturated rings. The lowest BCUT2D eigenvalue weighted by atomic mass is 9.96. The van der Waals surface area contributed by atoms with Gasteiger partial charge in [0.1, 0.15) is 5.75 Å². The molecule has 0 aliphatic carbocycles. The predicted octanol–water partition coefficient (Wildman–Crippen LogP) is 3.77. The van der Waals surface area contributed by atoms with Gasteiger partial charge in [-0.25, -0.2) is 0 Å². The first-order chi connectivity index (χ1) is 9.08. The Morgan fingerprint density at radius 2 is 2.11 bits per heavy atom. The van der Waals surface area contributed by atoms with Gasteiger partial charge in [0.15, 0.2) is 0 Å². The second-order valence-electron chi connectivity index (χ2n) is 5.11. The summed E-state index contributed by atoms with van der Waals surface area (Å²) in [5.41, 5.74) is 6.77. The summed E-state index contributed by atoms with van der Waals surface area (Å²) >= 11 is 6.19. The van der Waals surface area contributed by atoms with E-state index in [1.807, 2.05) is 18.2 Å². The third kappa shape index (κ3) is 5.29. The van der Waals surface area contributed by atoms with Crippen LogP contribution in [0.2, 0.25) is 5.02 Å². The zero-order valence-electron chi connectivity index (χ0n) is 12.1. The number of hydrogen-bond donors (Lipinski definition) is 2. The molecule has 108 valence electrons. The molecular weight excluding hydrogens is 260 g/mol. The predicted molar refractivity (Wildman–Crippen MR) is 83.1 cm³/mol. The highest BCUT2D eigenvalue weighted by Crippen LogP contribution is 2.28. The Morgan fingerprint density at radius 1 is 1.37 bits per heavy atom. The Kier molecular flexibility index (Phi) is 7.03. The van der Waals surface area contributed by atoms with Crippen LogP contribution in [-0.2, 0) is 0 Å². The van der Waals surface area contributed by atoms with E-state index in [9.17, 15) is 0 Å². The van der Waals surface area contributed by atoms with E-state index in [1.54, 1.807) is 0 Å². The second kappa shape index (κ2) is 8.28. The number of anilines is 1. The Morgan fingerprint density at radius 3 is 2.63 bits per heavy atom. The topological polar surface area (TPSA) is 47.3 Å². The number of nitrogens with two attached hydrogens (primary N) is 1. The summed E-state index contributed by atoms with van der Waals surface area (Å²) in [6, 6.07) is 5.80. The fourth-order valence-electron chi connectivity index (χ4n) is 1.78. The fraction of sp³-hybridized carbons (Fsp3) is 0.600. The van der Waals surface area contributed by atoms with Crippen LogP contribution in [-0.4, -0.2) is 19.7 Å². The summed E-state index contributed by atoms with van der Waals surface area (Å²) in [6.07, 6.45) is 0.975. The summed E-state index contributed by atoms with van der Waals surface area (Å²) in [4.78, 5) is 0. The summed E-state index contributed by atoms with van der Waals surface area (Å²) in [5, 5.41) is 4.03. The van der Waals surface area contributed by atoms with Crippen molar-refractivity contribution in [3.05, 3.63) is 23.2 Å². The van der Waals surface area contributed by atoms with Crippen LogP contribution in [0.15, 0.2) is 18.2 Å². The number of rotatable bonds is 8. The third-order valence-electron chi connectivity index (χ3n) is 3.21. The molecule has 1 rings (SSSR count). The van der Waals surface area contributed by atoms with Crippen LogP contribution >= 0.6 is 11.6 Å². The molecule has 0 spiro atoms. The van der Waals surface area contributed by atoms with Crippen LogP contribution in [0.25, 0.3) is 0 Å². The normalized spacial score (nSPS) is 12.5. The van der Waals surface area contributed by atoms with Gasteiger partial charge in [-0.1, -0.05) is 32.4 Å². The van der Waals surface area contributed by atoms with E-state index < -0.39 is 0 Å². The maximum atomic E-state index is 6.19. The average Bonchev–Trinajstić information content (AvgIpc) is 2.38. The van der Waals surface area contributed by atoms with Gasteiger partial charge in [0.25, 0.3) is 0 Å². The molecule has 19 heavy (non-hydrogen) atoms. The minimum absolute atomic E-state index is 0.467. The number of benzene rings is 1. The molecule has 1 unspecified atom stereocenters. The number of hydrogen-bond acceptors (Lipinski definition) is 3. The molecule has 4 heteroatoms. The highest BCUT2D eigenvalue weighted by molar-refractivity contribution is 6.32. The lowest BCUT2D eigenvalue weighted by Gasteiger charge is -2.20. The lowest BCUT2D eigenvalue weighted by molar-refractivity contribution is 0.317. The summed E-state index contributed by atoms with van der Waals surface area (Å²) in [5.74, 6) is 1.78. The molecule has 1 atom stereocenters. The fourth-order valence-corrected chi connectivity index (χ4v) is 2.02. The van der Waals surface area contributed by atoms with Crippen molar-refractivity contribution in [1.82, 2.24) is 0 Å². The molecule has 0 radical (unpaired) electrons. The first kappa shape index (κ1) is 16.1. The maximum Gasteiger partial charge on any atom is 0.138 e. The average molecular weight is 285 g/mol. The minimum atomic E-state index is 0.467. The molecule has 0 saturated carbocycles. The van der Waals surface area contributed by atoms with E-state index in [4.69, 9.17) is 22.1 Å². The van der Waals surface area contributed by atoms with E-state index in [-0.39, 0.29) is 0 Å². The van der Waals surface area contributed by atoms with Crippen molar-refractivity contribution in [2.45, 2.75) is 27.2 Å². The SMILES string of the molecule is CCCOc1ccc(NCC(CN)C(C)C)cc1Cl. The van der Waals surface area contributed by atoms with Crippen molar-refractivity contribution in [2.24, 2.45) is 17.6 Å². The number of ether oxygens (including phenoxy) is 1. The van der Waals surface area contributed by atoms with Gasteiger partial charge in [0.2, 0.25) is 0 Å². The Hall–Kier alpha value is -0.930. The molecule has 3 nitrogen and oxygen atoms in total. The van der Waals surface area contributed by atoms with Crippen molar-refractivity contribution < 1.29 is 4.74 Å². The van der Waals surface area contributed by atoms with E-state index in [2.05, 4.69) is 26.1 Å². The van der Waals surface area contributed by atoms with Gasteiger partial charge in [-0.05, 0) is 43.0 Å². The lowest BCUT2D eigenvalue weighted by Crippen LogP contribution is -2.27. The molecule has 0 aliphatic rings. The molecule has 0 saturated heterocycles. The van der Waals surface area contributed by atoms with Crippen molar-refractivity contribution in [3.63, 3.8) is 0 Å². The maximum absolute atomic E-state index is 6.19. The van der Waals surface area contributed by atoms with Gasteiger partial charge < -0.3 is 15.8 Å². The molecule has 3 N–H and O–H groups in total. The Balaban J connectivity index is 2.58. The van der Waals surface area contributed by atoms with Gasteiger partial charge in [-0.3, -0.25) is 0 Å². The van der Waals surface area contributed by atoms with E-state index in [0.29, 0.717) is 30.0 Å². The quantitative estimate of drug-likeness (QED) is 0.764. The van der Waals surface area contributed by atoms with Crippen LogP contribution in [0.3, 0.4) is 0 Å². The summed E-state index contributed by atoms with van der Waals surface area (Å²) in [6.45, 7) is 8.69. The molecule has 0 amide bonds. The highest BCUT2D eigenvalue weighted by atomic mass is 35.5. The largest absolute Gasteiger partial charge is 0.492 e. The first-order valence-electron chi connectivity index (χ1n) is 6.94. The van der Waals surface area contributed by atoms with Crippen LogP contribution in [0.1, 0.15) is 27.2 Å². The number of nitrogens with one attached hydrogen (secondary N) is 1. The second-order valence-corrected chi connectivity index (χ2v) is 5.52. The van der Waals surface area contributed by atoms with Crippen molar-refractivity contribution in [3.8, 4) is 5.75 Å². The zero-order chi connectivity index (χ0) is 14.3. The van der Waals surface area contributed by atoms with Crippen LogP contribution in [0, 0.1) is 11.8 Å². The van der Waals surface area contributed by atoms with Crippen molar-refractivity contribution in [2.75, 3.05) is 25.0 Å². The molecule has 1 aromatic carbocycles. The van der Waals surface area contributed by atoms with Crippen molar-refractivity contribution >= 4 is 17.3 Å². The standard InChI is InChI=1S/C15H25ClN2O/c1-4-7-19-15-6-5-13(8-14(15)16)18-10-12(9-17)11(2)3/h5-6,8,11-12,18H,4,7,9-10,17H2,1-3H3. The van der Waals surface area contributed by atoms with Crippen LogP contribution in [0.5, 0.6) is 5.75 Å². The van der Waals surface area contributed by atoms with Gasteiger partial charge in [-0.15, -0.1) is 0 Å². The molecular formula is C15H25ClN2O. The van der Waals surface area contributed by atoms with E-state index in [1.165, 1.54) is 0 Å². The summed E-state index contributed by atoms with van der Waals surface area (Å²) < 4.78 is 5.55. The smallest absolute Gasteiger partial charge is 0.138 e. The number of halogens is 1. The third-order valence-corrected chi connectivity index (χ3v) is 3.50. The summed E-state index contributed by atoms with van der Waals surface area (Å²) in [7, 11) is 0. The monoisotopic (exact) mass is 284 g/mol. The van der Waals surface area contributed by atoms with Crippen LogP contribution in [0.4, 0.5) is 5.69 Å². The van der Waals surface area contributed by atoms with Gasteiger partial charge >= 0.3 is 0 Å². The molecule has 0 aliphatic heterocycles. The minimum Gasteiger partial charge on any atom is -0.492 e. The van der Waals surface area contributed by atoms with Crippen molar-refractivity contribution in [1.29, 1.82) is 0 Å². The highest BCUT2D eigenvalue weighted by Gasteiger charge is 2.11. The zero-order valence-corrected chi connectivity index (χ0v) is 12.8. The Bertz CT molecular complexity index is 382. The van der Waals surface area contributed by atoms with E-state index in [0.717, 1.165) is 24.4 Å². The van der Waals surface area contributed by atoms with E-state index >= 15 is 0 Å². The molecule has 0 aromatic heterocycles. The molecule has 0 heterocycles. The Labute approximate surface area is 121 Å². The van der Waals surface area contributed by atoms with Crippen LogP contribution < -0.4 is 15.8 Å². The molecule has 1 aromatic rings. The van der Waals surface area contributed by atoms with Gasteiger partial charge in [-0.2, -0.15) is 0 Å². The molecule has 0 bridgehead atoms.